The van der Waals surface area contributed by atoms with Crippen molar-refractivity contribution < 1.29 is 9.72 Å². The molecule has 0 aliphatic rings. The lowest BCUT2D eigenvalue weighted by Gasteiger charge is -2.30. The fourth-order valence-corrected chi connectivity index (χ4v) is 3.28. The van der Waals surface area contributed by atoms with E-state index < -0.39 is 10.8 Å². The smallest absolute Gasteiger partial charge is 0.283 e. The van der Waals surface area contributed by atoms with Gasteiger partial charge in [0.05, 0.1) is 4.92 Å². The highest BCUT2D eigenvalue weighted by Crippen LogP contribution is 2.23. The first kappa shape index (κ1) is 20.9. The van der Waals surface area contributed by atoms with E-state index in [0.717, 1.165) is 19.5 Å². The number of carbonyl (C=O) groups is 1. The van der Waals surface area contributed by atoms with Crippen LogP contribution in [0.2, 0.25) is 5.02 Å². The van der Waals surface area contributed by atoms with Crippen molar-refractivity contribution in [1.29, 1.82) is 0 Å². The van der Waals surface area contributed by atoms with Crippen LogP contribution in [0.3, 0.4) is 0 Å². The largest absolute Gasteiger partial charge is 0.350 e. The highest BCUT2D eigenvalue weighted by atomic mass is 35.5. The molecule has 27 heavy (non-hydrogen) atoms. The summed E-state index contributed by atoms with van der Waals surface area (Å²) in [5.41, 5.74) is 0.908. The van der Waals surface area contributed by atoms with Crippen molar-refractivity contribution >= 4 is 23.2 Å². The number of rotatable bonds is 9. The predicted molar refractivity (Wildman–Crippen MR) is 107 cm³/mol. The van der Waals surface area contributed by atoms with Gasteiger partial charge in [-0.1, -0.05) is 55.8 Å². The lowest BCUT2D eigenvalue weighted by molar-refractivity contribution is -0.385. The van der Waals surface area contributed by atoms with Gasteiger partial charge < -0.3 is 5.32 Å². The third-order valence-electron chi connectivity index (χ3n) is 4.54. The first-order valence-corrected chi connectivity index (χ1v) is 9.34. The van der Waals surface area contributed by atoms with Crippen molar-refractivity contribution in [3.63, 3.8) is 0 Å². The molecule has 2 rings (SSSR count). The van der Waals surface area contributed by atoms with E-state index in [9.17, 15) is 14.9 Å². The van der Waals surface area contributed by atoms with Gasteiger partial charge >= 0.3 is 0 Å². The van der Waals surface area contributed by atoms with Crippen molar-refractivity contribution in [1.82, 2.24) is 10.2 Å². The number of amides is 1. The third kappa shape index (κ3) is 5.77. The van der Waals surface area contributed by atoms with E-state index in [2.05, 4.69) is 36.2 Å². The fourth-order valence-electron chi connectivity index (χ4n) is 3.11. The van der Waals surface area contributed by atoms with Gasteiger partial charge in [-0.05, 0) is 37.2 Å². The maximum absolute atomic E-state index is 12.6. The van der Waals surface area contributed by atoms with Crippen molar-refractivity contribution in [3.05, 3.63) is 74.8 Å². The Morgan fingerprint density at radius 1 is 1.19 bits per heavy atom. The molecule has 1 unspecified atom stereocenters. The SMILES string of the molecule is CCN(CC)C(CNC(=O)c1ccc(Cl)cc1[N+](=O)[O-])Cc1ccccc1. The summed E-state index contributed by atoms with van der Waals surface area (Å²) in [6.45, 7) is 6.26. The minimum atomic E-state index is -0.591. The number of hydrogen-bond acceptors (Lipinski definition) is 4. The number of nitrogens with zero attached hydrogens (tertiary/aromatic N) is 2. The quantitative estimate of drug-likeness (QED) is 0.520. The van der Waals surface area contributed by atoms with Crippen molar-refractivity contribution in [3.8, 4) is 0 Å². The van der Waals surface area contributed by atoms with Crippen LogP contribution in [0.5, 0.6) is 0 Å². The molecule has 0 radical (unpaired) electrons. The van der Waals surface area contributed by atoms with Gasteiger partial charge in [-0.3, -0.25) is 19.8 Å². The zero-order valence-corrected chi connectivity index (χ0v) is 16.3. The molecule has 7 heteroatoms. The second-order valence-corrected chi connectivity index (χ2v) is 6.63. The maximum atomic E-state index is 12.6. The number of nitro benzene ring substituents is 1. The molecule has 144 valence electrons. The van der Waals surface area contributed by atoms with Crippen LogP contribution in [0.4, 0.5) is 5.69 Å². The molecule has 1 N–H and O–H groups in total. The Hall–Kier alpha value is -2.44. The Balaban J connectivity index is 2.14. The highest BCUT2D eigenvalue weighted by molar-refractivity contribution is 6.31. The topological polar surface area (TPSA) is 75.5 Å². The number of nitro groups is 1. The Labute approximate surface area is 164 Å². The number of carbonyl (C=O) groups excluding carboxylic acids is 1. The van der Waals surface area contributed by atoms with E-state index in [0.29, 0.717) is 6.54 Å². The van der Waals surface area contributed by atoms with Gasteiger partial charge in [0.2, 0.25) is 0 Å². The average molecular weight is 390 g/mol. The molecule has 0 saturated carbocycles. The summed E-state index contributed by atoms with van der Waals surface area (Å²) < 4.78 is 0. The number of benzene rings is 2. The zero-order chi connectivity index (χ0) is 19.8. The van der Waals surface area contributed by atoms with E-state index in [-0.39, 0.29) is 22.3 Å². The molecule has 1 amide bonds. The summed E-state index contributed by atoms with van der Waals surface area (Å²) >= 11 is 5.82. The highest BCUT2D eigenvalue weighted by Gasteiger charge is 2.23. The Morgan fingerprint density at radius 3 is 2.44 bits per heavy atom. The van der Waals surface area contributed by atoms with Gasteiger partial charge in [0, 0.05) is 23.7 Å². The molecule has 0 spiro atoms. The first-order valence-electron chi connectivity index (χ1n) is 8.96. The molecule has 0 aromatic heterocycles. The van der Waals surface area contributed by atoms with Gasteiger partial charge in [-0.2, -0.15) is 0 Å². The molecule has 0 bridgehead atoms. The summed E-state index contributed by atoms with van der Waals surface area (Å²) in [4.78, 5) is 25.5. The van der Waals surface area contributed by atoms with Crippen LogP contribution in [0.25, 0.3) is 0 Å². The van der Waals surface area contributed by atoms with Crippen LogP contribution >= 0.6 is 11.6 Å². The van der Waals surface area contributed by atoms with Crippen LogP contribution in [0.15, 0.2) is 48.5 Å². The molecule has 0 fully saturated rings. The summed E-state index contributed by atoms with van der Waals surface area (Å²) in [6, 6.07) is 14.2. The van der Waals surface area contributed by atoms with Gasteiger partial charge in [0.15, 0.2) is 0 Å². The second kappa shape index (κ2) is 10.0. The number of halogens is 1. The van der Waals surface area contributed by atoms with Crippen molar-refractivity contribution in [2.45, 2.75) is 26.3 Å². The van der Waals surface area contributed by atoms with E-state index in [1.165, 1.54) is 23.8 Å². The maximum Gasteiger partial charge on any atom is 0.283 e. The van der Waals surface area contributed by atoms with Crippen LogP contribution < -0.4 is 5.32 Å². The summed E-state index contributed by atoms with van der Waals surface area (Å²) in [5, 5.41) is 14.3. The summed E-state index contributed by atoms with van der Waals surface area (Å²) in [7, 11) is 0. The van der Waals surface area contributed by atoms with Gasteiger partial charge in [-0.15, -0.1) is 0 Å². The molecule has 1 atom stereocenters. The molecule has 0 heterocycles. The third-order valence-corrected chi connectivity index (χ3v) is 4.78. The summed E-state index contributed by atoms with van der Waals surface area (Å²) in [5.74, 6) is -0.469. The van der Waals surface area contributed by atoms with E-state index in [1.807, 2.05) is 18.2 Å². The minimum absolute atomic E-state index is 0.0161. The van der Waals surface area contributed by atoms with E-state index >= 15 is 0 Å². The standard InChI is InChI=1S/C20H24ClN3O3/c1-3-23(4-2)17(12-15-8-6-5-7-9-15)14-22-20(25)18-11-10-16(21)13-19(18)24(26)27/h5-11,13,17H,3-4,12,14H2,1-2H3,(H,22,25). The van der Waals surface area contributed by atoms with Crippen LogP contribution in [0.1, 0.15) is 29.8 Å². The van der Waals surface area contributed by atoms with E-state index in [4.69, 9.17) is 11.6 Å². The second-order valence-electron chi connectivity index (χ2n) is 6.19. The van der Waals surface area contributed by atoms with Crippen molar-refractivity contribution in [2.75, 3.05) is 19.6 Å². The normalized spacial score (nSPS) is 12.0. The zero-order valence-electron chi connectivity index (χ0n) is 15.5. The van der Waals surface area contributed by atoms with Crippen molar-refractivity contribution in [2.24, 2.45) is 0 Å². The lowest BCUT2D eigenvalue weighted by Crippen LogP contribution is -2.45. The number of hydrogen-bond donors (Lipinski definition) is 1. The van der Waals surface area contributed by atoms with Gasteiger partial charge in [0.1, 0.15) is 5.56 Å². The van der Waals surface area contributed by atoms with Gasteiger partial charge in [0.25, 0.3) is 11.6 Å². The monoisotopic (exact) mass is 389 g/mol. The lowest BCUT2D eigenvalue weighted by atomic mass is 10.0. The molecular formula is C20H24ClN3O3. The molecule has 2 aromatic rings. The molecule has 0 aliphatic heterocycles. The fraction of sp³-hybridized carbons (Fsp3) is 0.350. The molecule has 0 saturated heterocycles. The Kier molecular flexibility index (Phi) is 7.76. The Morgan fingerprint density at radius 2 is 1.85 bits per heavy atom. The van der Waals surface area contributed by atoms with Gasteiger partial charge in [-0.25, -0.2) is 0 Å². The van der Waals surface area contributed by atoms with Crippen LogP contribution in [-0.2, 0) is 6.42 Å². The first-order chi connectivity index (χ1) is 13.0. The predicted octanol–water partition coefficient (Wildman–Crippen LogP) is 3.93. The van der Waals surface area contributed by atoms with E-state index in [1.54, 1.807) is 0 Å². The average Bonchev–Trinajstić information content (AvgIpc) is 2.67. The molecule has 2 aromatic carbocycles. The summed E-state index contributed by atoms with van der Waals surface area (Å²) in [6.07, 6.45) is 0.783. The number of likely N-dealkylation sites (N-methyl/N-ethyl adjacent to an activating group) is 1. The molecular weight excluding hydrogens is 366 g/mol. The Bertz CT molecular complexity index is 779. The molecule has 6 nitrogen and oxygen atoms in total. The minimum Gasteiger partial charge on any atom is -0.350 e. The van der Waals surface area contributed by atoms with Crippen LogP contribution in [-0.4, -0.2) is 41.4 Å². The number of nitrogens with one attached hydrogen (secondary N) is 1. The molecule has 0 aliphatic carbocycles. The van der Waals surface area contributed by atoms with Crippen LogP contribution in [0, 0.1) is 10.1 Å².